The largest absolute Gasteiger partial charge is 0.396 e. The molecule has 0 aliphatic carbocycles. The third kappa shape index (κ3) is 4.00. The topological polar surface area (TPSA) is 60.9 Å². The van der Waals surface area contributed by atoms with Crippen molar-refractivity contribution in [1.29, 1.82) is 0 Å². The van der Waals surface area contributed by atoms with Gasteiger partial charge in [0, 0.05) is 36.5 Å². The summed E-state index contributed by atoms with van der Waals surface area (Å²) in [6.45, 7) is 1.79. The van der Waals surface area contributed by atoms with Gasteiger partial charge in [-0.25, -0.2) is 0 Å². The number of rotatable bonds is 4. The Hall–Kier alpha value is -2.44. The molecule has 0 saturated carbocycles. The number of aliphatic hydroxyl groups excluding tert-OH is 1. The first-order chi connectivity index (χ1) is 14.1. The summed E-state index contributed by atoms with van der Waals surface area (Å²) in [6, 6.07) is 11.4. The molecule has 0 bridgehead atoms. The second-order valence-corrected chi connectivity index (χ2v) is 8.71. The van der Waals surface area contributed by atoms with Crippen LogP contribution in [-0.4, -0.2) is 59.0 Å². The lowest BCUT2D eigenvalue weighted by Crippen LogP contribution is -2.64. The first kappa shape index (κ1) is 19.9. The maximum Gasteiger partial charge on any atom is 0.255 e. The number of benzene rings is 1. The lowest BCUT2D eigenvalue weighted by atomic mass is 9.68. The van der Waals surface area contributed by atoms with E-state index >= 15 is 0 Å². The third-order valence-corrected chi connectivity index (χ3v) is 6.99. The second-order valence-electron chi connectivity index (χ2n) is 7.93. The Morgan fingerprint density at radius 2 is 2.00 bits per heavy atom. The van der Waals surface area contributed by atoms with Crippen molar-refractivity contribution in [3.63, 3.8) is 0 Å². The van der Waals surface area contributed by atoms with Gasteiger partial charge in [0.2, 0.25) is 5.91 Å². The van der Waals surface area contributed by atoms with Crippen LogP contribution in [-0.2, 0) is 4.79 Å². The van der Waals surface area contributed by atoms with Gasteiger partial charge in [0.15, 0.2) is 0 Å². The van der Waals surface area contributed by atoms with Gasteiger partial charge in [-0.05, 0) is 42.3 Å². The molecule has 0 spiro atoms. The van der Waals surface area contributed by atoms with Crippen molar-refractivity contribution in [2.75, 3.05) is 26.2 Å². The third-order valence-electron chi connectivity index (χ3n) is 6.30. The van der Waals surface area contributed by atoms with Crippen LogP contribution in [0.5, 0.6) is 0 Å². The van der Waals surface area contributed by atoms with Crippen LogP contribution < -0.4 is 0 Å². The summed E-state index contributed by atoms with van der Waals surface area (Å²) in [6.07, 6.45) is 5.92. The molecule has 2 saturated heterocycles. The summed E-state index contributed by atoms with van der Waals surface area (Å²) in [5.41, 5.74) is 1.36. The lowest BCUT2D eigenvalue weighted by molar-refractivity contribution is -0.134. The van der Waals surface area contributed by atoms with Gasteiger partial charge in [0.1, 0.15) is 0 Å². The van der Waals surface area contributed by atoms with E-state index in [1.54, 1.807) is 6.08 Å². The Kier molecular flexibility index (Phi) is 5.83. The van der Waals surface area contributed by atoms with E-state index in [1.165, 1.54) is 11.3 Å². The molecule has 6 heteroatoms. The highest BCUT2D eigenvalue weighted by atomic mass is 32.1. The zero-order valence-electron chi connectivity index (χ0n) is 16.4. The van der Waals surface area contributed by atoms with E-state index in [9.17, 15) is 14.7 Å². The number of amides is 2. The average molecular weight is 411 g/mol. The minimum atomic E-state index is -0.316. The molecule has 2 aliphatic rings. The molecule has 1 N–H and O–H groups in total. The minimum Gasteiger partial charge on any atom is -0.396 e. The lowest BCUT2D eigenvalue weighted by Gasteiger charge is -2.54. The van der Waals surface area contributed by atoms with Crippen LogP contribution in [0.2, 0.25) is 0 Å². The van der Waals surface area contributed by atoms with Crippen LogP contribution >= 0.6 is 11.3 Å². The summed E-state index contributed by atoms with van der Waals surface area (Å²) in [7, 11) is 0. The predicted octanol–water partition coefficient (Wildman–Crippen LogP) is 3.28. The van der Waals surface area contributed by atoms with E-state index < -0.39 is 0 Å². The van der Waals surface area contributed by atoms with Gasteiger partial charge in [-0.15, -0.1) is 0 Å². The number of fused-ring (bicyclic) bond motifs is 1. The molecule has 2 atom stereocenters. The Balaban J connectivity index is 1.53. The van der Waals surface area contributed by atoms with E-state index in [0.717, 1.165) is 18.4 Å². The summed E-state index contributed by atoms with van der Waals surface area (Å²) >= 11 is 1.51. The van der Waals surface area contributed by atoms with E-state index in [4.69, 9.17) is 0 Å². The number of piperidine rings is 2. The van der Waals surface area contributed by atoms with Crippen molar-refractivity contribution in [1.82, 2.24) is 9.80 Å². The zero-order chi connectivity index (χ0) is 20.3. The molecule has 152 valence electrons. The quantitative estimate of drug-likeness (QED) is 0.787. The molecule has 0 unspecified atom stereocenters. The highest BCUT2D eigenvalue weighted by Crippen LogP contribution is 2.42. The predicted molar refractivity (Wildman–Crippen MR) is 115 cm³/mol. The first-order valence-corrected chi connectivity index (χ1v) is 11.0. The van der Waals surface area contributed by atoms with Crippen molar-refractivity contribution in [2.24, 2.45) is 5.41 Å². The summed E-state index contributed by atoms with van der Waals surface area (Å²) in [4.78, 5) is 29.6. The molecule has 2 aromatic rings. The van der Waals surface area contributed by atoms with Gasteiger partial charge in [0.05, 0.1) is 18.2 Å². The Bertz CT molecular complexity index is 881. The molecule has 29 heavy (non-hydrogen) atoms. The molecule has 2 fully saturated rings. The molecule has 1 aromatic carbocycles. The van der Waals surface area contributed by atoms with Gasteiger partial charge in [0.25, 0.3) is 5.91 Å². The number of carbonyl (C=O) groups excluding carboxylic acids is 2. The molecule has 1 aromatic heterocycles. The number of nitrogens with zero attached hydrogens (tertiary/aromatic N) is 2. The van der Waals surface area contributed by atoms with Gasteiger partial charge in [-0.1, -0.05) is 30.3 Å². The van der Waals surface area contributed by atoms with E-state index in [2.05, 4.69) is 0 Å². The van der Waals surface area contributed by atoms with Crippen molar-refractivity contribution in [2.45, 2.75) is 25.3 Å². The van der Waals surface area contributed by atoms with Gasteiger partial charge >= 0.3 is 0 Å². The van der Waals surface area contributed by atoms with Crippen LogP contribution in [0.15, 0.2) is 53.2 Å². The minimum absolute atomic E-state index is 0.00269. The number of aliphatic hydroxyl groups is 1. The zero-order valence-corrected chi connectivity index (χ0v) is 17.2. The summed E-state index contributed by atoms with van der Waals surface area (Å²) in [5, 5.41) is 14.0. The first-order valence-electron chi connectivity index (χ1n) is 10.1. The molecule has 3 heterocycles. The fourth-order valence-corrected chi connectivity index (χ4v) is 5.22. The average Bonchev–Trinajstić information content (AvgIpc) is 3.32. The highest BCUT2D eigenvalue weighted by Gasteiger charge is 2.49. The maximum atomic E-state index is 13.1. The fraction of sp³-hybridized carbons (Fsp3) is 0.391. The van der Waals surface area contributed by atoms with E-state index in [0.29, 0.717) is 31.6 Å². The Morgan fingerprint density at radius 3 is 2.72 bits per heavy atom. The standard InChI is InChI=1S/C23H26N2O3S/c26-17-23-10-4-12-25(22(28)19-9-14-29-16-19)20(23)15-24(13-11-23)21(27)8-7-18-5-2-1-3-6-18/h1-3,5-9,14,16,20,26H,4,10-13,15,17H2/b8-7+/t20-,23-/m0/s1. The van der Waals surface area contributed by atoms with Gasteiger partial charge in [-0.2, -0.15) is 11.3 Å². The van der Waals surface area contributed by atoms with Crippen molar-refractivity contribution >= 4 is 29.2 Å². The molecular formula is C23H26N2O3S. The molecule has 0 radical (unpaired) electrons. The van der Waals surface area contributed by atoms with Crippen molar-refractivity contribution in [3.8, 4) is 0 Å². The Morgan fingerprint density at radius 1 is 1.17 bits per heavy atom. The molecule has 2 amide bonds. The SMILES string of the molecule is O=C(/C=C/c1ccccc1)N1CC[C@]2(CO)CCCN(C(=O)c3ccsc3)[C@H]2C1. The number of carbonyl (C=O) groups is 2. The Labute approximate surface area is 175 Å². The maximum absolute atomic E-state index is 13.1. The number of likely N-dealkylation sites (tertiary alicyclic amines) is 2. The molecular weight excluding hydrogens is 384 g/mol. The molecule has 4 rings (SSSR count). The van der Waals surface area contributed by atoms with Crippen LogP contribution in [0.4, 0.5) is 0 Å². The van der Waals surface area contributed by atoms with Crippen LogP contribution in [0.25, 0.3) is 6.08 Å². The van der Waals surface area contributed by atoms with E-state index in [1.807, 2.05) is 63.0 Å². The van der Waals surface area contributed by atoms with Gasteiger partial charge < -0.3 is 14.9 Å². The number of thiophene rings is 1. The molecule has 5 nitrogen and oxygen atoms in total. The monoisotopic (exact) mass is 410 g/mol. The smallest absolute Gasteiger partial charge is 0.255 e. The fourth-order valence-electron chi connectivity index (χ4n) is 4.59. The van der Waals surface area contributed by atoms with Gasteiger partial charge in [-0.3, -0.25) is 9.59 Å². The van der Waals surface area contributed by atoms with Crippen molar-refractivity contribution in [3.05, 3.63) is 64.4 Å². The van der Waals surface area contributed by atoms with Crippen LogP contribution in [0.3, 0.4) is 0 Å². The number of hydrogen-bond donors (Lipinski definition) is 1. The van der Waals surface area contributed by atoms with E-state index in [-0.39, 0.29) is 29.9 Å². The summed E-state index contributed by atoms with van der Waals surface area (Å²) in [5.74, 6) is -0.0446. The van der Waals surface area contributed by atoms with Crippen LogP contribution in [0, 0.1) is 5.41 Å². The number of hydrogen-bond acceptors (Lipinski definition) is 4. The second kappa shape index (κ2) is 8.51. The molecule has 2 aliphatic heterocycles. The summed E-state index contributed by atoms with van der Waals surface area (Å²) < 4.78 is 0. The van der Waals surface area contributed by atoms with Crippen LogP contribution in [0.1, 0.15) is 35.2 Å². The highest BCUT2D eigenvalue weighted by molar-refractivity contribution is 7.08. The normalized spacial score (nSPS) is 24.5. The van der Waals surface area contributed by atoms with Crippen molar-refractivity contribution < 1.29 is 14.7 Å².